The Bertz CT molecular complexity index is 556. The van der Waals surface area contributed by atoms with Crippen molar-refractivity contribution in [3.05, 3.63) is 35.7 Å². The third-order valence-corrected chi connectivity index (χ3v) is 2.57. The van der Waals surface area contributed by atoms with E-state index in [1.54, 1.807) is 0 Å². The predicted molar refractivity (Wildman–Crippen MR) is 68.5 cm³/mol. The molecule has 0 saturated carbocycles. The number of aliphatic carboxylic acids is 1. The van der Waals surface area contributed by atoms with Crippen LogP contribution >= 0.6 is 0 Å². The van der Waals surface area contributed by atoms with Crippen LogP contribution in [0.2, 0.25) is 0 Å². The molecular weight excluding hydrogens is 289 g/mol. The van der Waals surface area contributed by atoms with Crippen molar-refractivity contribution in [2.75, 3.05) is 13.6 Å². The quantitative estimate of drug-likeness (QED) is 0.847. The maximum Gasteiger partial charge on any atom is 0.390 e. The smallest absolute Gasteiger partial charge is 0.390 e. The van der Waals surface area contributed by atoms with E-state index in [4.69, 9.17) is 5.11 Å². The maximum atomic E-state index is 12.1. The molecule has 0 aliphatic rings. The van der Waals surface area contributed by atoms with Crippen molar-refractivity contribution in [2.45, 2.75) is 12.6 Å². The number of carboxylic acid groups (broad SMARTS) is 1. The second kappa shape index (κ2) is 6.87. The Labute approximate surface area is 118 Å². The lowest BCUT2D eigenvalue weighted by atomic mass is 10.1. The van der Waals surface area contributed by atoms with Crippen LogP contribution in [-0.4, -0.2) is 46.6 Å². The van der Waals surface area contributed by atoms with Gasteiger partial charge in [0.1, 0.15) is 0 Å². The molecule has 0 unspecified atom stereocenters. The van der Waals surface area contributed by atoms with Crippen LogP contribution in [0.25, 0.3) is 6.08 Å². The van der Waals surface area contributed by atoms with Crippen LogP contribution in [0, 0.1) is 0 Å². The highest BCUT2D eigenvalue weighted by molar-refractivity contribution is 5.98. The number of rotatable bonds is 5. The molecule has 21 heavy (non-hydrogen) atoms. The van der Waals surface area contributed by atoms with Crippen molar-refractivity contribution < 1.29 is 27.9 Å². The number of amides is 1. The van der Waals surface area contributed by atoms with Crippen molar-refractivity contribution in [1.29, 1.82) is 0 Å². The Kier molecular flexibility index (Phi) is 5.45. The summed E-state index contributed by atoms with van der Waals surface area (Å²) in [7, 11) is 1.25. The van der Waals surface area contributed by atoms with E-state index in [0.29, 0.717) is 0 Å². The largest absolute Gasteiger partial charge is 0.478 e. The molecule has 1 aromatic rings. The van der Waals surface area contributed by atoms with Crippen LogP contribution < -0.4 is 0 Å². The second-order valence-electron chi connectivity index (χ2n) is 4.23. The number of aromatic nitrogens is 1. The lowest BCUT2D eigenvalue weighted by Gasteiger charge is -2.19. The fourth-order valence-electron chi connectivity index (χ4n) is 1.50. The molecule has 114 valence electrons. The standard InChI is InChI=1S/C13H13F3N2O3/c1-18(7-5-13(14,15)16)12(21)10-4-6-17-8-9(10)2-3-11(19)20/h2-4,6,8H,5,7H2,1H3,(H,19,20). The fourth-order valence-corrected chi connectivity index (χ4v) is 1.50. The van der Waals surface area contributed by atoms with Crippen molar-refractivity contribution >= 4 is 18.0 Å². The number of pyridine rings is 1. The SMILES string of the molecule is CN(CCC(F)(F)F)C(=O)c1ccncc1C=CC(=O)O. The van der Waals surface area contributed by atoms with Gasteiger partial charge in [0.15, 0.2) is 0 Å². The van der Waals surface area contributed by atoms with E-state index >= 15 is 0 Å². The van der Waals surface area contributed by atoms with Crippen molar-refractivity contribution in [3.8, 4) is 0 Å². The van der Waals surface area contributed by atoms with E-state index in [1.165, 1.54) is 31.6 Å². The van der Waals surface area contributed by atoms with Crippen LogP contribution in [0.4, 0.5) is 13.2 Å². The minimum Gasteiger partial charge on any atom is -0.478 e. The number of carbonyl (C=O) groups is 2. The molecule has 0 bridgehead atoms. The van der Waals surface area contributed by atoms with Gasteiger partial charge >= 0.3 is 12.1 Å². The van der Waals surface area contributed by atoms with Crippen LogP contribution in [0.5, 0.6) is 0 Å². The highest BCUT2D eigenvalue weighted by Crippen LogP contribution is 2.20. The van der Waals surface area contributed by atoms with Crippen LogP contribution in [0.3, 0.4) is 0 Å². The van der Waals surface area contributed by atoms with Gasteiger partial charge in [0.05, 0.1) is 6.42 Å². The lowest BCUT2D eigenvalue weighted by molar-refractivity contribution is -0.136. The Morgan fingerprint density at radius 3 is 2.67 bits per heavy atom. The summed E-state index contributed by atoms with van der Waals surface area (Å²) in [6.07, 6.45) is -0.893. The van der Waals surface area contributed by atoms with E-state index in [1.807, 2.05) is 0 Å². The highest BCUT2D eigenvalue weighted by Gasteiger charge is 2.28. The Hall–Kier alpha value is -2.38. The van der Waals surface area contributed by atoms with Crippen molar-refractivity contribution in [3.63, 3.8) is 0 Å². The molecule has 1 amide bonds. The van der Waals surface area contributed by atoms with Gasteiger partial charge in [-0.1, -0.05) is 0 Å². The number of halogens is 3. The average molecular weight is 302 g/mol. The third-order valence-electron chi connectivity index (χ3n) is 2.57. The van der Waals surface area contributed by atoms with Crippen LogP contribution in [0.15, 0.2) is 24.5 Å². The molecule has 5 nitrogen and oxygen atoms in total. The molecule has 0 saturated heterocycles. The Morgan fingerprint density at radius 2 is 2.10 bits per heavy atom. The molecule has 0 atom stereocenters. The number of carbonyl (C=O) groups excluding carboxylic acids is 1. The zero-order chi connectivity index (χ0) is 16.0. The van der Waals surface area contributed by atoms with E-state index in [0.717, 1.165) is 11.0 Å². The third kappa shape index (κ3) is 5.64. The molecule has 8 heteroatoms. The molecule has 0 aliphatic heterocycles. The summed E-state index contributed by atoms with van der Waals surface area (Å²) in [4.78, 5) is 27.2. The summed E-state index contributed by atoms with van der Waals surface area (Å²) in [6, 6.07) is 1.33. The lowest BCUT2D eigenvalue weighted by Crippen LogP contribution is -2.31. The number of carboxylic acids is 1. The zero-order valence-electron chi connectivity index (χ0n) is 11.1. The molecule has 1 aromatic heterocycles. The summed E-state index contributed by atoms with van der Waals surface area (Å²) in [5.41, 5.74) is 0.316. The number of nitrogens with zero attached hydrogens (tertiary/aromatic N) is 2. The summed E-state index contributed by atoms with van der Waals surface area (Å²) in [6.45, 7) is -0.479. The summed E-state index contributed by atoms with van der Waals surface area (Å²) >= 11 is 0. The molecule has 0 spiro atoms. The van der Waals surface area contributed by atoms with Crippen molar-refractivity contribution in [1.82, 2.24) is 9.88 Å². The summed E-state index contributed by atoms with van der Waals surface area (Å²) in [5, 5.41) is 8.56. The molecule has 0 aliphatic carbocycles. The van der Waals surface area contributed by atoms with Gasteiger partial charge in [0.2, 0.25) is 0 Å². The van der Waals surface area contributed by atoms with Gasteiger partial charge in [0.25, 0.3) is 5.91 Å². The predicted octanol–water partition coefficient (Wildman–Crippen LogP) is 2.20. The normalized spacial score (nSPS) is 11.6. The van der Waals surface area contributed by atoms with E-state index in [9.17, 15) is 22.8 Å². The van der Waals surface area contributed by atoms with Crippen molar-refractivity contribution in [2.24, 2.45) is 0 Å². The van der Waals surface area contributed by atoms with E-state index in [-0.39, 0.29) is 11.1 Å². The molecule has 0 radical (unpaired) electrons. The molecular formula is C13H13F3N2O3. The summed E-state index contributed by atoms with van der Waals surface area (Å²) < 4.78 is 36.4. The number of hydrogen-bond acceptors (Lipinski definition) is 3. The topological polar surface area (TPSA) is 70.5 Å². The first kappa shape index (κ1) is 16.7. The first-order valence-corrected chi connectivity index (χ1v) is 5.88. The molecule has 1 rings (SSSR count). The van der Waals surface area contributed by atoms with Gasteiger partial charge in [-0.3, -0.25) is 9.78 Å². The highest BCUT2D eigenvalue weighted by atomic mass is 19.4. The van der Waals surface area contributed by atoms with Gasteiger partial charge in [-0.15, -0.1) is 0 Å². The second-order valence-corrected chi connectivity index (χ2v) is 4.23. The van der Waals surface area contributed by atoms with Gasteiger partial charge in [0, 0.05) is 43.2 Å². The van der Waals surface area contributed by atoms with Crippen LogP contribution in [0.1, 0.15) is 22.3 Å². The van der Waals surface area contributed by atoms with Gasteiger partial charge < -0.3 is 10.0 Å². The van der Waals surface area contributed by atoms with Gasteiger partial charge in [-0.05, 0) is 12.1 Å². The molecule has 1 heterocycles. The fraction of sp³-hybridized carbons (Fsp3) is 0.308. The average Bonchev–Trinajstić information content (AvgIpc) is 2.41. The Morgan fingerprint density at radius 1 is 1.43 bits per heavy atom. The van der Waals surface area contributed by atoms with Crippen LogP contribution in [-0.2, 0) is 4.79 Å². The zero-order valence-corrected chi connectivity index (χ0v) is 11.1. The maximum absolute atomic E-state index is 12.1. The summed E-state index contributed by atoms with van der Waals surface area (Å²) in [5.74, 6) is -1.84. The van der Waals surface area contributed by atoms with E-state index < -0.39 is 31.0 Å². The minimum absolute atomic E-state index is 0.0900. The number of alkyl halides is 3. The minimum atomic E-state index is -4.35. The number of hydrogen-bond donors (Lipinski definition) is 1. The first-order valence-electron chi connectivity index (χ1n) is 5.88. The van der Waals surface area contributed by atoms with Gasteiger partial charge in [-0.25, -0.2) is 4.79 Å². The first-order chi connectivity index (χ1) is 9.70. The Balaban J connectivity index is 2.89. The monoisotopic (exact) mass is 302 g/mol. The van der Waals surface area contributed by atoms with Gasteiger partial charge in [-0.2, -0.15) is 13.2 Å². The molecule has 1 N–H and O–H groups in total. The molecule has 0 fully saturated rings. The molecule has 0 aromatic carbocycles. The van der Waals surface area contributed by atoms with E-state index in [2.05, 4.69) is 4.98 Å².